The fraction of sp³-hybridized carbons (Fsp3) is 0.458. The number of ether oxygens (including phenoxy) is 4. The van der Waals surface area contributed by atoms with Crippen molar-refractivity contribution in [1.82, 2.24) is 4.90 Å². The molecular formula is C24H27NO5. The first-order valence-corrected chi connectivity index (χ1v) is 10.5. The highest BCUT2D eigenvalue weighted by Crippen LogP contribution is 2.46. The minimum Gasteiger partial charge on any atom is -0.493 e. The van der Waals surface area contributed by atoms with Gasteiger partial charge in [-0.25, -0.2) is 0 Å². The lowest BCUT2D eigenvalue weighted by atomic mass is 9.83. The number of rotatable bonds is 5. The highest BCUT2D eigenvalue weighted by atomic mass is 16.6. The van der Waals surface area contributed by atoms with E-state index in [-0.39, 0.29) is 17.9 Å². The van der Waals surface area contributed by atoms with Gasteiger partial charge in [0.05, 0.1) is 27.2 Å². The van der Waals surface area contributed by atoms with Crippen molar-refractivity contribution in [3.63, 3.8) is 0 Å². The highest BCUT2D eigenvalue weighted by Gasteiger charge is 2.37. The number of carbonyl (C=O) groups is 1. The summed E-state index contributed by atoms with van der Waals surface area (Å²) in [5.74, 6) is 2.68. The van der Waals surface area contributed by atoms with Crippen LogP contribution in [0.3, 0.4) is 0 Å². The van der Waals surface area contributed by atoms with Gasteiger partial charge in [-0.2, -0.15) is 0 Å². The molecule has 0 bridgehead atoms. The zero-order chi connectivity index (χ0) is 20.8. The maximum absolute atomic E-state index is 12.4. The molecule has 2 aromatic rings. The molecule has 158 valence electrons. The van der Waals surface area contributed by atoms with Gasteiger partial charge < -0.3 is 18.9 Å². The first kappa shape index (κ1) is 19.2. The molecular weight excluding hydrogens is 382 g/mol. The van der Waals surface area contributed by atoms with Crippen LogP contribution in [0.25, 0.3) is 0 Å². The Morgan fingerprint density at radius 3 is 2.40 bits per heavy atom. The summed E-state index contributed by atoms with van der Waals surface area (Å²) < 4.78 is 22.4. The molecule has 6 nitrogen and oxygen atoms in total. The summed E-state index contributed by atoms with van der Waals surface area (Å²) in [6.45, 7) is 1.68. The second-order valence-corrected chi connectivity index (χ2v) is 8.28. The minimum absolute atomic E-state index is 0.0474. The summed E-state index contributed by atoms with van der Waals surface area (Å²) in [5, 5.41) is 0. The van der Waals surface area contributed by atoms with Crippen LogP contribution in [0.1, 0.15) is 41.1 Å². The van der Waals surface area contributed by atoms with Crippen molar-refractivity contribution in [2.24, 2.45) is 5.92 Å². The summed E-state index contributed by atoms with van der Waals surface area (Å²) in [4.78, 5) is 14.9. The van der Waals surface area contributed by atoms with Gasteiger partial charge >= 0.3 is 5.97 Å². The maximum Gasteiger partial charge on any atom is 0.314 e. The van der Waals surface area contributed by atoms with Crippen molar-refractivity contribution in [2.45, 2.75) is 38.3 Å². The van der Waals surface area contributed by atoms with Crippen molar-refractivity contribution in [3.05, 3.63) is 46.5 Å². The Balaban J connectivity index is 1.52. The van der Waals surface area contributed by atoms with E-state index in [1.165, 1.54) is 16.7 Å². The predicted molar refractivity (Wildman–Crippen MR) is 111 cm³/mol. The van der Waals surface area contributed by atoms with E-state index >= 15 is 0 Å². The Morgan fingerprint density at radius 1 is 0.967 bits per heavy atom. The number of methoxy groups -OCH3 is 3. The van der Waals surface area contributed by atoms with Crippen molar-refractivity contribution < 1.29 is 23.7 Å². The normalized spacial score (nSPS) is 19.9. The average Bonchev–Trinajstić information content (AvgIpc) is 3.62. The van der Waals surface area contributed by atoms with E-state index in [1.807, 2.05) is 6.07 Å². The molecule has 0 aromatic heterocycles. The molecule has 1 saturated carbocycles. The number of fused-ring (bicyclic) bond motifs is 4. The van der Waals surface area contributed by atoms with Crippen LogP contribution >= 0.6 is 0 Å². The summed E-state index contributed by atoms with van der Waals surface area (Å²) in [6.07, 6.45) is 3.65. The fourth-order valence-electron chi connectivity index (χ4n) is 4.71. The van der Waals surface area contributed by atoms with Gasteiger partial charge in [0.1, 0.15) is 0 Å². The molecule has 1 aliphatic carbocycles. The molecule has 1 fully saturated rings. The molecule has 0 radical (unpaired) electrons. The number of esters is 1. The zero-order valence-electron chi connectivity index (χ0n) is 17.7. The quantitative estimate of drug-likeness (QED) is 0.555. The predicted octanol–water partition coefficient (Wildman–Crippen LogP) is 3.68. The van der Waals surface area contributed by atoms with E-state index in [0.717, 1.165) is 55.8 Å². The van der Waals surface area contributed by atoms with E-state index in [1.54, 1.807) is 21.3 Å². The molecule has 3 aliphatic rings. The number of nitrogens with zero attached hydrogens (tertiary/aromatic N) is 1. The van der Waals surface area contributed by atoms with Crippen molar-refractivity contribution in [3.8, 4) is 23.0 Å². The van der Waals surface area contributed by atoms with E-state index < -0.39 is 0 Å². The van der Waals surface area contributed by atoms with Crippen LogP contribution in [-0.4, -0.2) is 38.7 Å². The largest absolute Gasteiger partial charge is 0.493 e. The maximum atomic E-state index is 12.4. The molecule has 1 unspecified atom stereocenters. The van der Waals surface area contributed by atoms with Crippen LogP contribution in [0.5, 0.6) is 23.0 Å². The van der Waals surface area contributed by atoms with Crippen molar-refractivity contribution in [2.75, 3.05) is 27.9 Å². The summed E-state index contributed by atoms with van der Waals surface area (Å²) in [7, 11) is 4.97. The first-order chi connectivity index (χ1) is 14.6. The van der Waals surface area contributed by atoms with Gasteiger partial charge in [-0.15, -0.1) is 0 Å². The SMILES string of the molecule is COc1cc2c(cc1OC)C1Cc3ccc(OC)c(OC(=O)C4CC4)c3CN1CC2. The van der Waals surface area contributed by atoms with E-state index in [0.29, 0.717) is 11.5 Å². The molecule has 0 saturated heterocycles. The smallest absolute Gasteiger partial charge is 0.314 e. The molecule has 2 heterocycles. The highest BCUT2D eigenvalue weighted by molar-refractivity contribution is 5.78. The zero-order valence-corrected chi connectivity index (χ0v) is 17.7. The molecule has 2 aliphatic heterocycles. The Morgan fingerprint density at radius 2 is 1.70 bits per heavy atom. The van der Waals surface area contributed by atoms with Gasteiger partial charge in [-0.1, -0.05) is 6.07 Å². The fourth-order valence-corrected chi connectivity index (χ4v) is 4.71. The van der Waals surface area contributed by atoms with Gasteiger partial charge in [0.25, 0.3) is 0 Å². The molecule has 0 N–H and O–H groups in total. The van der Waals surface area contributed by atoms with Crippen LogP contribution < -0.4 is 18.9 Å². The van der Waals surface area contributed by atoms with Gasteiger partial charge in [0.2, 0.25) is 0 Å². The van der Waals surface area contributed by atoms with Crippen LogP contribution in [-0.2, 0) is 24.2 Å². The second kappa shape index (κ2) is 7.51. The van der Waals surface area contributed by atoms with Gasteiger partial charge in [0.15, 0.2) is 23.0 Å². The van der Waals surface area contributed by atoms with Crippen molar-refractivity contribution >= 4 is 5.97 Å². The summed E-state index contributed by atoms with van der Waals surface area (Å²) >= 11 is 0. The Bertz CT molecular complexity index is 998. The molecule has 30 heavy (non-hydrogen) atoms. The third-order valence-corrected chi connectivity index (χ3v) is 6.54. The third kappa shape index (κ3) is 3.19. The average molecular weight is 409 g/mol. The molecule has 1 atom stereocenters. The van der Waals surface area contributed by atoms with Gasteiger partial charge in [-0.3, -0.25) is 9.69 Å². The number of benzene rings is 2. The lowest BCUT2D eigenvalue weighted by Crippen LogP contribution is -2.39. The van der Waals surface area contributed by atoms with Crippen molar-refractivity contribution in [1.29, 1.82) is 0 Å². The molecule has 6 heteroatoms. The van der Waals surface area contributed by atoms with Crippen LogP contribution in [0.15, 0.2) is 24.3 Å². The number of carbonyl (C=O) groups excluding carboxylic acids is 1. The summed E-state index contributed by atoms with van der Waals surface area (Å²) in [5.41, 5.74) is 4.88. The number of hydrogen-bond donors (Lipinski definition) is 0. The first-order valence-electron chi connectivity index (χ1n) is 10.5. The molecule has 5 rings (SSSR count). The topological polar surface area (TPSA) is 57.2 Å². The van der Waals surface area contributed by atoms with E-state index in [4.69, 9.17) is 18.9 Å². The third-order valence-electron chi connectivity index (χ3n) is 6.54. The molecule has 0 amide bonds. The van der Waals surface area contributed by atoms with E-state index in [9.17, 15) is 4.79 Å². The van der Waals surface area contributed by atoms with Gasteiger partial charge in [0, 0.05) is 24.7 Å². The monoisotopic (exact) mass is 409 g/mol. The minimum atomic E-state index is -0.135. The molecule has 0 spiro atoms. The Kier molecular flexibility index (Phi) is 4.82. The Hall–Kier alpha value is -2.73. The number of hydrogen-bond acceptors (Lipinski definition) is 6. The lowest BCUT2D eigenvalue weighted by molar-refractivity contribution is -0.136. The van der Waals surface area contributed by atoms with Crippen LogP contribution in [0, 0.1) is 5.92 Å². The Labute approximate surface area is 176 Å². The second-order valence-electron chi connectivity index (χ2n) is 8.28. The van der Waals surface area contributed by atoms with Crippen LogP contribution in [0.4, 0.5) is 0 Å². The van der Waals surface area contributed by atoms with Crippen LogP contribution in [0.2, 0.25) is 0 Å². The summed E-state index contributed by atoms with van der Waals surface area (Å²) in [6, 6.07) is 8.52. The van der Waals surface area contributed by atoms with E-state index in [2.05, 4.69) is 23.1 Å². The molecule has 2 aromatic carbocycles. The lowest BCUT2D eigenvalue weighted by Gasteiger charge is -2.42. The standard InChI is InChI=1S/C24H27NO5/c1-27-20-7-6-15-10-19-17-12-22(29-3)21(28-2)11-16(17)8-9-25(19)13-18(15)23(20)30-24(26)14-4-5-14/h6-7,11-12,14,19H,4-5,8-10,13H2,1-3H3. The van der Waals surface area contributed by atoms with Gasteiger partial charge in [-0.05, 0) is 60.6 Å².